The van der Waals surface area contributed by atoms with Crippen molar-refractivity contribution in [3.63, 3.8) is 0 Å². The summed E-state index contributed by atoms with van der Waals surface area (Å²) in [6.07, 6.45) is 20.8. The van der Waals surface area contributed by atoms with E-state index in [2.05, 4.69) is 31.2 Å². The lowest BCUT2D eigenvalue weighted by molar-refractivity contribution is 0.166. The summed E-state index contributed by atoms with van der Waals surface area (Å²) in [6, 6.07) is 0. The van der Waals surface area contributed by atoms with E-state index >= 15 is 0 Å². The largest absolute Gasteiger partial charge is 0.381 e. The van der Waals surface area contributed by atoms with Gasteiger partial charge in [0, 0.05) is 7.11 Å². The van der Waals surface area contributed by atoms with Crippen molar-refractivity contribution in [2.45, 2.75) is 58.3 Å². The van der Waals surface area contributed by atoms with Crippen LogP contribution in [0.2, 0.25) is 0 Å². The zero-order chi connectivity index (χ0) is 14.2. The average Bonchev–Trinajstić information content (AvgIpc) is 2.49. The van der Waals surface area contributed by atoms with E-state index in [0.29, 0.717) is 0 Å². The van der Waals surface area contributed by atoms with Gasteiger partial charge in [-0.2, -0.15) is 0 Å². The molecule has 0 unspecified atom stereocenters. The number of methoxy groups -OCH3 is 1. The topological polar surface area (TPSA) is 9.23 Å². The molecule has 0 aromatic carbocycles. The number of rotatable bonds is 5. The molecule has 2 fully saturated rings. The van der Waals surface area contributed by atoms with Crippen LogP contribution in [0.1, 0.15) is 58.3 Å². The molecule has 20 heavy (non-hydrogen) atoms. The van der Waals surface area contributed by atoms with Crippen LogP contribution in [0.3, 0.4) is 0 Å². The van der Waals surface area contributed by atoms with Crippen molar-refractivity contribution in [3.8, 4) is 0 Å². The molecule has 0 heterocycles. The number of hydrogen-bond acceptors (Lipinski definition) is 1. The fourth-order valence-electron chi connectivity index (χ4n) is 4.23. The maximum absolute atomic E-state index is 5.09. The third kappa shape index (κ3) is 4.77. The molecule has 2 aliphatic rings. The molecule has 2 aliphatic carbocycles. The molecule has 1 heteroatoms. The third-order valence-corrected chi connectivity index (χ3v) is 5.44. The van der Waals surface area contributed by atoms with Crippen molar-refractivity contribution >= 4 is 0 Å². The molecular formula is C19H32O. The van der Waals surface area contributed by atoms with Gasteiger partial charge >= 0.3 is 0 Å². The van der Waals surface area contributed by atoms with Crippen molar-refractivity contribution in [3.05, 3.63) is 24.3 Å². The number of allylic oxidation sites excluding steroid dienone is 3. The minimum Gasteiger partial charge on any atom is -0.381 e. The minimum absolute atomic E-state index is 0.773. The van der Waals surface area contributed by atoms with Crippen LogP contribution >= 0.6 is 0 Å². The van der Waals surface area contributed by atoms with Gasteiger partial charge in [0.1, 0.15) is 0 Å². The molecule has 0 N–H and O–H groups in total. The molecule has 0 atom stereocenters. The molecule has 0 radical (unpaired) electrons. The second kappa shape index (κ2) is 8.67. The highest BCUT2D eigenvalue weighted by Gasteiger charge is 2.29. The van der Waals surface area contributed by atoms with Crippen molar-refractivity contribution < 1.29 is 4.74 Å². The Morgan fingerprint density at radius 3 is 1.75 bits per heavy atom. The second-order valence-corrected chi connectivity index (χ2v) is 6.76. The van der Waals surface area contributed by atoms with Gasteiger partial charge in [0.2, 0.25) is 0 Å². The average molecular weight is 276 g/mol. The van der Waals surface area contributed by atoms with Crippen molar-refractivity contribution in [2.75, 3.05) is 13.7 Å². The summed E-state index contributed by atoms with van der Waals surface area (Å²) in [5.41, 5.74) is 0. The SMILES string of the molecule is C/C=C/[C@H]1CC[C@H](C2CCC(/C=C/COC)CC2)CC1. The van der Waals surface area contributed by atoms with E-state index in [1.54, 1.807) is 7.11 Å². The van der Waals surface area contributed by atoms with Crippen LogP contribution < -0.4 is 0 Å². The third-order valence-electron chi connectivity index (χ3n) is 5.44. The highest BCUT2D eigenvalue weighted by molar-refractivity contribution is 4.94. The molecule has 0 aromatic heterocycles. The highest BCUT2D eigenvalue weighted by atomic mass is 16.5. The standard InChI is InChI=1S/C19H32O/c1-3-5-16-7-11-18(12-8-16)19-13-9-17(10-14-19)6-4-15-20-2/h3-6,16-19H,7-15H2,1-2H3/b5-3+,6-4+/t16-,17?,18-,19?. The molecule has 0 spiro atoms. The Labute approximate surface area is 125 Å². The fourth-order valence-corrected chi connectivity index (χ4v) is 4.23. The first-order chi connectivity index (χ1) is 9.83. The van der Waals surface area contributed by atoms with Gasteiger partial charge in [0.05, 0.1) is 6.61 Å². The predicted octanol–water partition coefficient (Wildman–Crippen LogP) is 5.38. The fraction of sp³-hybridized carbons (Fsp3) is 0.789. The van der Waals surface area contributed by atoms with Gasteiger partial charge in [-0.1, -0.05) is 24.3 Å². The summed E-state index contributed by atoms with van der Waals surface area (Å²) in [4.78, 5) is 0. The quantitative estimate of drug-likeness (QED) is 0.613. The monoisotopic (exact) mass is 276 g/mol. The van der Waals surface area contributed by atoms with Crippen LogP contribution in [-0.2, 0) is 4.74 Å². The van der Waals surface area contributed by atoms with E-state index in [1.807, 2.05) is 0 Å². The van der Waals surface area contributed by atoms with Gasteiger partial charge in [0.25, 0.3) is 0 Å². The Morgan fingerprint density at radius 1 is 0.800 bits per heavy atom. The van der Waals surface area contributed by atoms with Crippen LogP contribution in [-0.4, -0.2) is 13.7 Å². The predicted molar refractivity (Wildman–Crippen MR) is 86.7 cm³/mol. The lowest BCUT2D eigenvalue weighted by Crippen LogP contribution is -2.25. The molecule has 0 saturated heterocycles. The summed E-state index contributed by atoms with van der Waals surface area (Å²) in [5.74, 6) is 3.75. The molecule has 2 rings (SSSR count). The smallest absolute Gasteiger partial charge is 0.0643 e. The summed E-state index contributed by atoms with van der Waals surface area (Å²) in [7, 11) is 1.77. The zero-order valence-corrected chi connectivity index (χ0v) is 13.4. The summed E-state index contributed by atoms with van der Waals surface area (Å²) in [6.45, 7) is 2.93. The summed E-state index contributed by atoms with van der Waals surface area (Å²) in [5, 5.41) is 0. The van der Waals surface area contributed by atoms with Crippen LogP contribution in [0.15, 0.2) is 24.3 Å². The molecular weight excluding hydrogens is 244 g/mol. The maximum atomic E-state index is 5.09. The first-order valence-corrected chi connectivity index (χ1v) is 8.62. The number of hydrogen-bond donors (Lipinski definition) is 0. The maximum Gasteiger partial charge on any atom is 0.0643 e. The Kier molecular flexibility index (Phi) is 6.86. The van der Waals surface area contributed by atoms with Crippen LogP contribution in [0.5, 0.6) is 0 Å². The number of ether oxygens (including phenoxy) is 1. The first kappa shape index (κ1) is 15.8. The first-order valence-electron chi connectivity index (χ1n) is 8.62. The molecule has 0 aromatic rings. The van der Waals surface area contributed by atoms with Crippen molar-refractivity contribution in [1.82, 2.24) is 0 Å². The van der Waals surface area contributed by atoms with Gasteiger partial charge in [-0.25, -0.2) is 0 Å². The Balaban J connectivity index is 1.69. The molecule has 0 amide bonds. The van der Waals surface area contributed by atoms with Gasteiger partial charge in [-0.05, 0) is 82.0 Å². The Morgan fingerprint density at radius 2 is 1.30 bits per heavy atom. The lowest BCUT2D eigenvalue weighted by Gasteiger charge is -2.36. The second-order valence-electron chi connectivity index (χ2n) is 6.76. The lowest BCUT2D eigenvalue weighted by atomic mass is 9.69. The van der Waals surface area contributed by atoms with Gasteiger partial charge in [0.15, 0.2) is 0 Å². The Hall–Kier alpha value is -0.560. The van der Waals surface area contributed by atoms with Crippen LogP contribution in [0.25, 0.3) is 0 Å². The molecule has 1 nitrogen and oxygen atoms in total. The van der Waals surface area contributed by atoms with Gasteiger partial charge in [-0.15, -0.1) is 0 Å². The Bertz CT molecular complexity index is 302. The molecule has 114 valence electrons. The normalized spacial score (nSPS) is 35.9. The summed E-state index contributed by atoms with van der Waals surface area (Å²) >= 11 is 0. The summed E-state index contributed by atoms with van der Waals surface area (Å²) < 4.78 is 5.09. The van der Waals surface area contributed by atoms with Gasteiger partial charge < -0.3 is 4.74 Å². The van der Waals surface area contributed by atoms with E-state index in [-0.39, 0.29) is 0 Å². The van der Waals surface area contributed by atoms with Crippen molar-refractivity contribution in [2.24, 2.45) is 23.7 Å². The van der Waals surface area contributed by atoms with E-state index in [0.717, 1.165) is 30.3 Å². The molecule has 0 bridgehead atoms. The minimum atomic E-state index is 0.773. The van der Waals surface area contributed by atoms with Gasteiger partial charge in [-0.3, -0.25) is 0 Å². The van der Waals surface area contributed by atoms with E-state index in [9.17, 15) is 0 Å². The van der Waals surface area contributed by atoms with E-state index < -0.39 is 0 Å². The van der Waals surface area contributed by atoms with E-state index in [1.165, 1.54) is 51.4 Å². The molecule has 0 aliphatic heterocycles. The van der Waals surface area contributed by atoms with Crippen LogP contribution in [0, 0.1) is 23.7 Å². The zero-order valence-electron chi connectivity index (χ0n) is 13.4. The van der Waals surface area contributed by atoms with Crippen LogP contribution in [0.4, 0.5) is 0 Å². The van der Waals surface area contributed by atoms with E-state index in [4.69, 9.17) is 4.74 Å². The molecule has 2 saturated carbocycles. The highest BCUT2D eigenvalue weighted by Crippen LogP contribution is 2.41. The van der Waals surface area contributed by atoms with Crippen molar-refractivity contribution in [1.29, 1.82) is 0 Å².